The number of carbonyl (C=O) groups is 1. The van der Waals surface area contributed by atoms with E-state index in [1.54, 1.807) is 0 Å². The van der Waals surface area contributed by atoms with Gasteiger partial charge in [0.15, 0.2) is 0 Å². The summed E-state index contributed by atoms with van der Waals surface area (Å²) in [6.45, 7) is 5.75. The molecule has 0 atom stereocenters. The zero-order valence-electron chi connectivity index (χ0n) is 9.29. The van der Waals surface area contributed by atoms with Crippen LogP contribution in [0.2, 0.25) is 0 Å². The molecule has 1 aromatic heterocycles. The van der Waals surface area contributed by atoms with Crippen molar-refractivity contribution in [1.29, 1.82) is 0 Å². The number of carbonyl (C=O) groups excluding carboxylic acids is 1. The number of aromatic nitrogens is 1. The smallest absolute Gasteiger partial charge is 0.136 e. The van der Waals surface area contributed by atoms with E-state index >= 15 is 0 Å². The van der Waals surface area contributed by atoms with E-state index in [2.05, 4.69) is 22.9 Å². The van der Waals surface area contributed by atoms with Crippen LogP contribution in [0.25, 0.3) is 0 Å². The Balaban J connectivity index is 2.19. The standard InChI is InChI=1S/C12H16N2O/c1-9-7-10(2)12(13-8-9)14-5-3-11(15)4-6-14/h7-8H,3-6H2,1-2H3. The lowest BCUT2D eigenvalue weighted by atomic mass is 10.1. The summed E-state index contributed by atoms with van der Waals surface area (Å²) in [5.74, 6) is 1.41. The zero-order valence-corrected chi connectivity index (χ0v) is 9.29. The van der Waals surface area contributed by atoms with Gasteiger partial charge in [-0.25, -0.2) is 4.98 Å². The maximum atomic E-state index is 11.1. The molecule has 0 aromatic carbocycles. The highest BCUT2D eigenvalue weighted by molar-refractivity contribution is 5.80. The van der Waals surface area contributed by atoms with E-state index < -0.39 is 0 Å². The number of ketones is 1. The van der Waals surface area contributed by atoms with E-state index in [1.165, 1.54) is 11.1 Å². The third-order valence-corrected chi connectivity index (χ3v) is 2.81. The summed E-state index contributed by atoms with van der Waals surface area (Å²) in [6.07, 6.45) is 3.21. The Morgan fingerprint density at radius 2 is 1.93 bits per heavy atom. The maximum absolute atomic E-state index is 11.1. The van der Waals surface area contributed by atoms with Crippen molar-refractivity contribution in [3.05, 3.63) is 23.4 Å². The molecule has 1 saturated heterocycles. The summed E-state index contributed by atoms with van der Waals surface area (Å²) in [6, 6.07) is 2.14. The van der Waals surface area contributed by atoms with E-state index in [-0.39, 0.29) is 0 Å². The number of rotatable bonds is 1. The van der Waals surface area contributed by atoms with Crippen LogP contribution in [0.5, 0.6) is 0 Å². The minimum Gasteiger partial charge on any atom is -0.356 e. The molecule has 2 heterocycles. The molecule has 0 radical (unpaired) electrons. The van der Waals surface area contributed by atoms with Crippen molar-refractivity contribution in [2.24, 2.45) is 0 Å². The molecule has 0 N–H and O–H groups in total. The third-order valence-electron chi connectivity index (χ3n) is 2.81. The molecule has 0 bridgehead atoms. The fourth-order valence-electron chi connectivity index (χ4n) is 2.01. The van der Waals surface area contributed by atoms with Crippen LogP contribution in [0.4, 0.5) is 5.82 Å². The van der Waals surface area contributed by atoms with Crippen LogP contribution in [-0.2, 0) is 4.79 Å². The molecule has 1 aromatic rings. The van der Waals surface area contributed by atoms with Crippen LogP contribution in [0, 0.1) is 13.8 Å². The lowest BCUT2D eigenvalue weighted by molar-refractivity contribution is -0.119. The molecular weight excluding hydrogens is 188 g/mol. The lowest BCUT2D eigenvalue weighted by Gasteiger charge is -2.28. The number of pyridine rings is 1. The summed E-state index contributed by atoms with van der Waals surface area (Å²) in [4.78, 5) is 17.8. The van der Waals surface area contributed by atoms with Gasteiger partial charge in [-0.2, -0.15) is 0 Å². The largest absolute Gasteiger partial charge is 0.356 e. The zero-order chi connectivity index (χ0) is 10.8. The van der Waals surface area contributed by atoms with Crippen molar-refractivity contribution in [1.82, 2.24) is 4.98 Å². The van der Waals surface area contributed by atoms with Crippen LogP contribution in [0.1, 0.15) is 24.0 Å². The minimum atomic E-state index is 0.371. The second-order valence-electron chi connectivity index (χ2n) is 4.18. The number of hydrogen-bond acceptors (Lipinski definition) is 3. The lowest BCUT2D eigenvalue weighted by Crippen LogP contribution is -2.34. The van der Waals surface area contributed by atoms with E-state index in [1.807, 2.05) is 13.1 Å². The van der Waals surface area contributed by atoms with Crippen molar-refractivity contribution in [2.75, 3.05) is 18.0 Å². The molecule has 1 aliphatic rings. The van der Waals surface area contributed by atoms with Gasteiger partial charge in [0.1, 0.15) is 11.6 Å². The van der Waals surface area contributed by atoms with Crippen molar-refractivity contribution >= 4 is 11.6 Å². The first-order valence-corrected chi connectivity index (χ1v) is 5.37. The Labute approximate surface area is 90.1 Å². The first-order valence-electron chi connectivity index (χ1n) is 5.37. The highest BCUT2D eigenvalue weighted by Gasteiger charge is 2.18. The number of aryl methyl sites for hydroxylation is 2. The van der Waals surface area contributed by atoms with Crippen LogP contribution in [-0.4, -0.2) is 23.9 Å². The number of hydrogen-bond donors (Lipinski definition) is 0. The molecule has 1 fully saturated rings. The van der Waals surface area contributed by atoms with Crippen molar-refractivity contribution in [3.8, 4) is 0 Å². The van der Waals surface area contributed by atoms with Crippen LogP contribution >= 0.6 is 0 Å². The predicted molar refractivity (Wildman–Crippen MR) is 60.2 cm³/mol. The van der Waals surface area contributed by atoms with Gasteiger partial charge >= 0.3 is 0 Å². The van der Waals surface area contributed by atoms with Crippen LogP contribution in [0.3, 0.4) is 0 Å². The molecule has 80 valence electrons. The number of nitrogens with zero attached hydrogens (tertiary/aromatic N) is 2. The molecule has 1 aliphatic heterocycles. The van der Waals surface area contributed by atoms with E-state index in [9.17, 15) is 4.79 Å². The summed E-state index contributed by atoms with van der Waals surface area (Å²) in [7, 11) is 0. The SMILES string of the molecule is Cc1cnc(N2CCC(=O)CC2)c(C)c1. The van der Waals surface area contributed by atoms with Gasteiger partial charge in [-0.3, -0.25) is 4.79 Å². The number of Topliss-reactive ketones (excluding diaryl/α,β-unsaturated/α-hetero) is 1. The topological polar surface area (TPSA) is 33.2 Å². The third kappa shape index (κ3) is 2.17. The molecule has 0 aliphatic carbocycles. The summed E-state index contributed by atoms with van der Waals surface area (Å²) in [5.41, 5.74) is 2.38. The predicted octanol–water partition coefficient (Wildman–Crippen LogP) is 1.87. The molecular formula is C12H16N2O. The molecule has 0 saturated carbocycles. The fourth-order valence-corrected chi connectivity index (χ4v) is 2.01. The van der Waals surface area contributed by atoms with Gasteiger partial charge < -0.3 is 4.90 Å². The van der Waals surface area contributed by atoms with Gasteiger partial charge in [0.2, 0.25) is 0 Å². The monoisotopic (exact) mass is 204 g/mol. The average molecular weight is 204 g/mol. The van der Waals surface area contributed by atoms with E-state index in [4.69, 9.17) is 0 Å². The van der Waals surface area contributed by atoms with Crippen LogP contribution in [0.15, 0.2) is 12.3 Å². The summed E-state index contributed by atoms with van der Waals surface area (Å²) >= 11 is 0. The fraction of sp³-hybridized carbons (Fsp3) is 0.500. The second-order valence-corrected chi connectivity index (χ2v) is 4.18. The number of anilines is 1. The highest BCUT2D eigenvalue weighted by Crippen LogP contribution is 2.20. The summed E-state index contributed by atoms with van der Waals surface area (Å²) < 4.78 is 0. The molecule has 0 unspecified atom stereocenters. The molecule has 2 rings (SSSR count). The van der Waals surface area contributed by atoms with Gasteiger partial charge in [-0.05, 0) is 25.0 Å². The molecule has 3 nitrogen and oxygen atoms in total. The Hall–Kier alpha value is -1.38. The van der Waals surface area contributed by atoms with E-state index in [0.717, 1.165) is 18.9 Å². The average Bonchev–Trinajstić information content (AvgIpc) is 2.20. The van der Waals surface area contributed by atoms with Crippen molar-refractivity contribution < 1.29 is 4.79 Å². The first-order chi connectivity index (χ1) is 7.16. The van der Waals surface area contributed by atoms with Gasteiger partial charge in [0.25, 0.3) is 0 Å². The van der Waals surface area contributed by atoms with E-state index in [0.29, 0.717) is 18.6 Å². The normalized spacial score (nSPS) is 16.9. The Kier molecular flexibility index (Phi) is 2.71. The quantitative estimate of drug-likeness (QED) is 0.700. The van der Waals surface area contributed by atoms with Crippen molar-refractivity contribution in [2.45, 2.75) is 26.7 Å². The van der Waals surface area contributed by atoms with Gasteiger partial charge in [-0.15, -0.1) is 0 Å². The van der Waals surface area contributed by atoms with Crippen molar-refractivity contribution in [3.63, 3.8) is 0 Å². The first kappa shape index (κ1) is 10.1. The van der Waals surface area contributed by atoms with Gasteiger partial charge in [0.05, 0.1) is 0 Å². The Bertz CT molecular complexity index is 377. The second kappa shape index (κ2) is 4.01. The molecule has 0 amide bonds. The Morgan fingerprint density at radius 1 is 1.27 bits per heavy atom. The van der Waals surface area contributed by atoms with Gasteiger partial charge in [-0.1, -0.05) is 6.07 Å². The number of piperidine rings is 1. The molecule has 0 spiro atoms. The summed E-state index contributed by atoms with van der Waals surface area (Å²) in [5, 5.41) is 0. The van der Waals surface area contributed by atoms with Gasteiger partial charge in [0, 0.05) is 32.1 Å². The molecule has 3 heteroatoms. The Morgan fingerprint density at radius 3 is 2.53 bits per heavy atom. The minimum absolute atomic E-state index is 0.371. The molecule has 15 heavy (non-hydrogen) atoms. The highest BCUT2D eigenvalue weighted by atomic mass is 16.1. The maximum Gasteiger partial charge on any atom is 0.136 e. The van der Waals surface area contributed by atoms with Crippen LogP contribution < -0.4 is 4.90 Å².